The van der Waals surface area contributed by atoms with E-state index < -0.39 is 14.3 Å². The maximum Gasteiger partial charge on any atom is 0.306 e. The Morgan fingerprint density at radius 3 is 2.33 bits per heavy atom. The number of hydrogen-bond donors (Lipinski definition) is 2. The van der Waals surface area contributed by atoms with Gasteiger partial charge in [0.2, 0.25) is 0 Å². The Labute approximate surface area is 112 Å². The smallest absolute Gasteiger partial charge is 0.306 e. The molecule has 0 aromatic carbocycles. The first kappa shape index (κ1) is 15.7. The van der Waals surface area contributed by atoms with Gasteiger partial charge in [0, 0.05) is 0 Å². The molecule has 2 N–H and O–H groups in total. The summed E-state index contributed by atoms with van der Waals surface area (Å²) in [6.45, 7) is 8.20. The molecule has 0 aromatic heterocycles. The highest BCUT2D eigenvalue weighted by Crippen LogP contribution is 2.43. The Bertz CT molecular complexity index is 294. The highest BCUT2D eigenvalue weighted by atomic mass is 28.4. The summed E-state index contributed by atoms with van der Waals surface area (Å²) in [6.07, 6.45) is 5.98. The number of carboxylic acid groups (broad SMARTS) is 1. The third-order valence-electron chi connectivity index (χ3n) is 5.02. The maximum atomic E-state index is 11.2. The zero-order chi connectivity index (χ0) is 14.0. The molecule has 0 unspecified atom stereocenters. The number of aliphatic carboxylic acids is 1. The molecule has 0 bridgehead atoms. The molecule has 1 rings (SSSR count). The van der Waals surface area contributed by atoms with Crippen LogP contribution in [0.25, 0.3) is 0 Å². The quantitative estimate of drug-likeness (QED) is 0.751. The topological polar surface area (TPSA) is 57.5 Å². The Morgan fingerprint density at radius 1 is 1.28 bits per heavy atom. The van der Waals surface area contributed by atoms with Gasteiger partial charge in [0.15, 0.2) is 8.32 Å². The van der Waals surface area contributed by atoms with Gasteiger partial charge in [0.05, 0.1) is 5.92 Å². The maximum absolute atomic E-state index is 11.2. The largest absolute Gasteiger partial charge is 0.481 e. The van der Waals surface area contributed by atoms with Crippen molar-refractivity contribution in [2.75, 3.05) is 0 Å². The SMILES string of the molecule is CC(C)(CC[C@@H]1CCCC[C@@H]1C(=O)O)[Si](C)(C)O. The highest BCUT2D eigenvalue weighted by Gasteiger charge is 2.39. The third-order valence-corrected chi connectivity index (χ3v) is 8.59. The molecule has 0 spiro atoms. The molecule has 0 saturated heterocycles. The van der Waals surface area contributed by atoms with Crippen molar-refractivity contribution in [1.29, 1.82) is 0 Å². The first-order valence-electron chi connectivity index (χ1n) is 7.10. The van der Waals surface area contributed by atoms with E-state index >= 15 is 0 Å². The average Bonchev–Trinajstić information content (AvgIpc) is 2.25. The number of carbonyl (C=O) groups is 1. The van der Waals surface area contributed by atoms with Crippen LogP contribution < -0.4 is 0 Å². The van der Waals surface area contributed by atoms with E-state index in [1.54, 1.807) is 0 Å². The molecule has 0 amide bonds. The lowest BCUT2D eigenvalue weighted by Gasteiger charge is -2.37. The van der Waals surface area contributed by atoms with Gasteiger partial charge in [-0.15, -0.1) is 0 Å². The lowest BCUT2D eigenvalue weighted by atomic mass is 9.76. The molecule has 4 heteroatoms. The van der Waals surface area contributed by atoms with Crippen LogP contribution in [0.1, 0.15) is 52.4 Å². The van der Waals surface area contributed by atoms with Crippen LogP contribution in [0.2, 0.25) is 18.1 Å². The van der Waals surface area contributed by atoms with Gasteiger partial charge in [0.25, 0.3) is 0 Å². The number of rotatable bonds is 5. The van der Waals surface area contributed by atoms with E-state index in [4.69, 9.17) is 0 Å². The molecule has 1 aliphatic rings. The molecule has 1 aliphatic carbocycles. The average molecular weight is 272 g/mol. The van der Waals surface area contributed by atoms with Gasteiger partial charge in [0.1, 0.15) is 0 Å². The normalized spacial score (nSPS) is 26.1. The lowest BCUT2D eigenvalue weighted by molar-refractivity contribution is -0.145. The van der Waals surface area contributed by atoms with Gasteiger partial charge in [-0.1, -0.05) is 26.7 Å². The minimum atomic E-state index is -2.17. The van der Waals surface area contributed by atoms with Gasteiger partial charge in [-0.2, -0.15) is 0 Å². The fourth-order valence-electron chi connectivity index (χ4n) is 2.73. The first-order chi connectivity index (χ1) is 8.15. The van der Waals surface area contributed by atoms with Crippen LogP contribution in [0.5, 0.6) is 0 Å². The zero-order valence-corrected chi connectivity index (χ0v) is 13.2. The molecular formula is C14H28O3Si. The summed E-state index contributed by atoms with van der Waals surface area (Å²) in [5.41, 5.74) is 0. The fourth-order valence-corrected chi connectivity index (χ4v) is 3.49. The van der Waals surface area contributed by atoms with E-state index in [0.717, 1.165) is 38.5 Å². The van der Waals surface area contributed by atoms with Crippen molar-refractivity contribution in [2.24, 2.45) is 11.8 Å². The van der Waals surface area contributed by atoms with Crippen molar-refractivity contribution in [2.45, 2.75) is 70.5 Å². The molecule has 0 aliphatic heterocycles. The van der Waals surface area contributed by atoms with E-state index in [1.165, 1.54) is 0 Å². The molecule has 0 radical (unpaired) electrons. The van der Waals surface area contributed by atoms with Crippen LogP contribution in [-0.2, 0) is 4.79 Å². The van der Waals surface area contributed by atoms with Crippen LogP contribution in [0.3, 0.4) is 0 Å². The molecule has 106 valence electrons. The highest BCUT2D eigenvalue weighted by molar-refractivity contribution is 6.72. The Morgan fingerprint density at radius 2 is 1.83 bits per heavy atom. The van der Waals surface area contributed by atoms with Crippen LogP contribution in [0.4, 0.5) is 0 Å². The second kappa shape index (κ2) is 5.74. The summed E-state index contributed by atoms with van der Waals surface area (Å²) >= 11 is 0. The third kappa shape index (κ3) is 3.82. The minimum Gasteiger partial charge on any atom is -0.481 e. The molecule has 18 heavy (non-hydrogen) atoms. The van der Waals surface area contributed by atoms with Crippen LogP contribution in [-0.4, -0.2) is 24.2 Å². The molecule has 0 heterocycles. The standard InChI is InChI=1S/C14H28O3Si/c1-14(2,18(3,4)17)10-9-11-7-5-6-8-12(11)13(15)16/h11-12,17H,5-10H2,1-4H3,(H,15,16)/t11-,12-/m0/s1. The summed E-state index contributed by atoms with van der Waals surface area (Å²) < 4.78 is 0. The molecule has 2 atom stereocenters. The van der Waals surface area contributed by atoms with Crippen LogP contribution >= 0.6 is 0 Å². The van der Waals surface area contributed by atoms with Gasteiger partial charge < -0.3 is 9.90 Å². The summed E-state index contributed by atoms with van der Waals surface area (Å²) in [7, 11) is -2.17. The van der Waals surface area contributed by atoms with Gasteiger partial charge in [-0.05, 0) is 49.7 Å². The van der Waals surface area contributed by atoms with Crippen LogP contribution in [0, 0.1) is 11.8 Å². The van der Waals surface area contributed by atoms with Crippen molar-refractivity contribution < 1.29 is 14.7 Å². The Balaban J connectivity index is 2.58. The monoisotopic (exact) mass is 272 g/mol. The van der Waals surface area contributed by atoms with Crippen molar-refractivity contribution in [1.82, 2.24) is 0 Å². The second-order valence-electron chi connectivity index (χ2n) is 6.97. The van der Waals surface area contributed by atoms with E-state index in [1.807, 2.05) is 13.1 Å². The van der Waals surface area contributed by atoms with Crippen molar-refractivity contribution in [3.8, 4) is 0 Å². The van der Waals surface area contributed by atoms with E-state index in [9.17, 15) is 14.7 Å². The Hall–Kier alpha value is -0.353. The predicted molar refractivity (Wildman–Crippen MR) is 76.1 cm³/mol. The number of hydrogen-bond acceptors (Lipinski definition) is 2. The van der Waals surface area contributed by atoms with E-state index in [2.05, 4.69) is 13.8 Å². The molecular weight excluding hydrogens is 244 g/mol. The molecule has 3 nitrogen and oxygen atoms in total. The van der Waals surface area contributed by atoms with Crippen molar-refractivity contribution in [3.05, 3.63) is 0 Å². The second-order valence-corrected chi connectivity index (χ2v) is 11.4. The zero-order valence-electron chi connectivity index (χ0n) is 12.2. The first-order valence-corrected chi connectivity index (χ1v) is 10.0. The van der Waals surface area contributed by atoms with Gasteiger partial charge in [-0.25, -0.2) is 0 Å². The summed E-state index contributed by atoms with van der Waals surface area (Å²) in [6, 6.07) is 0. The summed E-state index contributed by atoms with van der Waals surface area (Å²) in [4.78, 5) is 21.5. The van der Waals surface area contributed by atoms with Crippen LogP contribution in [0.15, 0.2) is 0 Å². The minimum absolute atomic E-state index is 0.0342. The summed E-state index contributed by atoms with van der Waals surface area (Å²) in [5, 5.41) is 9.22. The van der Waals surface area contributed by atoms with E-state index in [-0.39, 0.29) is 11.0 Å². The molecule has 0 aromatic rings. The fraction of sp³-hybridized carbons (Fsp3) is 0.929. The van der Waals surface area contributed by atoms with Crippen molar-refractivity contribution in [3.63, 3.8) is 0 Å². The van der Waals surface area contributed by atoms with Gasteiger partial charge in [-0.3, -0.25) is 4.79 Å². The number of carboxylic acids is 1. The molecule has 1 fully saturated rings. The van der Waals surface area contributed by atoms with Crippen molar-refractivity contribution >= 4 is 14.3 Å². The predicted octanol–water partition coefficient (Wildman–Crippen LogP) is 3.64. The Kier molecular flexibility index (Phi) is 5.01. The summed E-state index contributed by atoms with van der Waals surface area (Å²) in [5.74, 6) is -0.470. The molecule has 1 saturated carbocycles. The van der Waals surface area contributed by atoms with Gasteiger partial charge >= 0.3 is 5.97 Å². The van der Waals surface area contributed by atoms with E-state index in [0.29, 0.717) is 5.92 Å². The lowest BCUT2D eigenvalue weighted by Crippen LogP contribution is -2.39.